The summed E-state index contributed by atoms with van der Waals surface area (Å²) >= 11 is 0. The number of carboxylic acid groups (broad SMARTS) is 1. The van der Waals surface area contributed by atoms with E-state index in [1.807, 2.05) is 0 Å². The topological polar surface area (TPSA) is 94.1 Å². The van der Waals surface area contributed by atoms with Crippen LogP contribution in [-0.4, -0.2) is 42.9 Å². The fourth-order valence-electron chi connectivity index (χ4n) is 2.49. The molecule has 2 aliphatic rings. The molecule has 7 heteroatoms. The highest BCUT2D eigenvalue weighted by molar-refractivity contribution is 6.02. The third kappa shape index (κ3) is 2.99. The summed E-state index contributed by atoms with van der Waals surface area (Å²) in [6.07, 6.45) is 1.65. The highest BCUT2D eigenvalue weighted by Gasteiger charge is 2.26. The number of carbonyl (C=O) groups is 2. The number of benzene rings is 1. The third-order valence-electron chi connectivity index (χ3n) is 3.60. The van der Waals surface area contributed by atoms with Crippen molar-refractivity contribution in [2.75, 3.05) is 25.1 Å². The molecule has 22 heavy (non-hydrogen) atoms. The van der Waals surface area contributed by atoms with Crippen LogP contribution in [0.5, 0.6) is 11.5 Å². The van der Waals surface area contributed by atoms with Crippen LogP contribution in [0.4, 0.5) is 5.69 Å². The zero-order chi connectivity index (χ0) is 15.5. The Labute approximate surface area is 127 Å². The van der Waals surface area contributed by atoms with Crippen molar-refractivity contribution in [3.8, 4) is 11.5 Å². The summed E-state index contributed by atoms with van der Waals surface area (Å²) in [6.45, 7) is 1.50. The molecular formula is C15H17NO6. The zero-order valence-electron chi connectivity index (χ0n) is 12.0. The molecule has 1 amide bonds. The van der Waals surface area contributed by atoms with Crippen molar-refractivity contribution in [1.82, 2.24) is 0 Å². The molecule has 3 rings (SSSR count). The number of hydrogen-bond acceptors (Lipinski definition) is 5. The van der Waals surface area contributed by atoms with Crippen LogP contribution in [-0.2, 0) is 9.53 Å². The van der Waals surface area contributed by atoms with Crippen LogP contribution < -0.4 is 14.8 Å². The number of aromatic carboxylic acids is 1. The minimum absolute atomic E-state index is 0.0319. The summed E-state index contributed by atoms with van der Waals surface area (Å²) in [4.78, 5) is 23.5. The normalized spacial score (nSPS) is 20.3. The average molecular weight is 307 g/mol. The van der Waals surface area contributed by atoms with Crippen LogP contribution in [0.15, 0.2) is 12.1 Å². The first-order chi connectivity index (χ1) is 10.6. The van der Waals surface area contributed by atoms with Crippen LogP contribution in [0.3, 0.4) is 0 Å². The molecule has 0 radical (unpaired) electrons. The van der Waals surface area contributed by atoms with E-state index in [9.17, 15) is 14.7 Å². The Morgan fingerprint density at radius 2 is 1.82 bits per heavy atom. The molecule has 2 N–H and O–H groups in total. The van der Waals surface area contributed by atoms with Crippen molar-refractivity contribution in [1.29, 1.82) is 0 Å². The van der Waals surface area contributed by atoms with Gasteiger partial charge in [-0.2, -0.15) is 0 Å². The maximum Gasteiger partial charge on any atom is 0.337 e. The van der Waals surface area contributed by atoms with Crippen LogP contribution in [0.1, 0.15) is 29.6 Å². The largest absolute Gasteiger partial charge is 0.490 e. The lowest BCUT2D eigenvalue weighted by molar-refractivity contribution is -0.124. The van der Waals surface area contributed by atoms with Gasteiger partial charge in [-0.3, -0.25) is 4.79 Å². The molecule has 0 spiro atoms. The van der Waals surface area contributed by atoms with Gasteiger partial charge < -0.3 is 24.6 Å². The van der Waals surface area contributed by atoms with Crippen molar-refractivity contribution in [3.63, 3.8) is 0 Å². The predicted octanol–water partition coefficient (Wildman–Crippen LogP) is 1.66. The van der Waals surface area contributed by atoms with E-state index in [1.54, 1.807) is 0 Å². The van der Waals surface area contributed by atoms with Gasteiger partial charge in [-0.25, -0.2) is 4.79 Å². The van der Waals surface area contributed by atoms with Crippen LogP contribution >= 0.6 is 0 Å². The second-order valence-electron chi connectivity index (χ2n) is 5.19. The number of carbonyl (C=O) groups excluding carboxylic acids is 1. The van der Waals surface area contributed by atoms with Gasteiger partial charge in [-0.05, 0) is 12.8 Å². The maximum absolute atomic E-state index is 12.1. The van der Waals surface area contributed by atoms with Gasteiger partial charge in [0, 0.05) is 25.2 Å². The van der Waals surface area contributed by atoms with Gasteiger partial charge in [0.15, 0.2) is 11.5 Å². The number of hydrogen-bond donors (Lipinski definition) is 2. The minimum Gasteiger partial charge on any atom is -0.490 e. The second-order valence-corrected chi connectivity index (χ2v) is 5.19. The van der Waals surface area contributed by atoms with E-state index in [4.69, 9.17) is 14.2 Å². The van der Waals surface area contributed by atoms with Crippen molar-refractivity contribution < 1.29 is 28.9 Å². The van der Waals surface area contributed by atoms with Gasteiger partial charge in [0.25, 0.3) is 5.91 Å². The lowest BCUT2D eigenvalue weighted by Gasteiger charge is -2.15. The molecule has 0 saturated carbocycles. The van der Waals surface area contributed by atoms with Gasteiger partial charge in [-0.15, -0.1) is 0 Å². The number of rotatable bonds is 3. The Morgan fingerprint density at radius 3 is 2.45 bits per heavy atom. The zero-order valence-corrected chi connectivity index (χ0v) is 12.0. The van der Waals surface area contributed by atoms with Crippen LogP contribution in [0, 0.1) is 0 Å². The second kappa shape index (κ2) is 6.23. The molecule has 1 saturated heterocycles. The van der Waals surface area contributed by atoms with Gasteiger partial charge in [0.2, 0.25) is 0 Å². The Kier molecular flexibility index (Phi) is 4.15. The summed E-state index contributed by atoms with van der Waals surface area (Å²) in [5.74, 6) is -0.664. The van der Waals surface area contributed by atoms with Gasteiger partial charge in [-0.1, -0.05) is 0 Å². The molecule has 1 atom stereocenters. The number of ether oxygens (including phenoxy) is 3. The van der Waals surface area contributed by atoms with Crippen molar-refractivity contribution in [2.45, 2.75) is 25.4 Å². The molecule has 2 heterocycles. The van der Waals surface area contributed by atoms with E-state index in [2.05, 4.69) is 5.32 Å². The summed E-state index contributed by atoms with van der Waals surface area (Å²) in [6, 6.07) is 2.88. The lowest BCUT2D eigenvalue weighted by Crippen LogP contribution is -2.27. The molecule has 0 aromatic heterocycles. The number of amides is 1. The van der Waals surface area contributed by atoms with E-state index < -0.39 is 12.1 Å². The van der Waals surface area contributed by atoms with E-state index in [-0.39, 0.29) is 17.2 Å². The molecule has 118 valence electrons. The van der Waals surface area contributed by atoms with E-state index in [1.165, 1.54) is 12.1 Å². The van der Waals surface area contributed by atoms with Crippen molar-refractivity contribution >= 4 is 17.6 Å². The number of nitrogens with one attached hydrogen (secondary N) is 1. The molecular weight excluding hydrogens is 290 g/mol. The van der Waals surface area contributed by atoms with E-state index >= 15 is 0 Å². The maximum atomic E-state index is 12.1. The summed E-state index contributed by atoms with van der Waals surface area (Å²) in [5.41, 5.74) is 0.160. The molecule has 7 nitrogen and oxygen atoms in total. The highest BCUT2D eigenvalue weighted by Crippen LogP contribution is 2.35. The summed E-state index contributed by atoms with van der Waals surface area (Å²) in [5, 5.41) is 12.0. The standard InChI is InChI=1S/C15H17NO6/c17-14(11-3-1-4-20-11)16-10-8-13-12(7-9(10)15(18)19)21-5-2-6-22-13/h7-8,11H,1-6H2,(H,16,17)(H,18,19)/t11-/m0/s1. The molecule has 0 bridgehead atoms. The molecule has 2 aliphatic heterocycles. The van der Waals surface area contributed by atoms with Crippen molar-refractivity contribution in [3.05, 3.63) is 17.7 Å². The monoisotopic (exact) mass is 307 g/mol. The Hall–Kier alpha value is -2.28. The first-order valence-electron chi connectivity index (χ1n) is 7.24. The molecule has 0 aliphatic carbocycles. The Balaban J connectivity index is 1.89. The Morgan fingerprint density at radius 1 is 1.09 bits per heavy atom. The molecule has 1 aromatic rings. The van der Waals surface area contributed by atoms with Crippen LogP contribution in [0.2, 0.25) is 0 Å². The fourth-order valence-corrected chi connectivity index (χ4v) is 2.49. The number of anilines is 1. The average Bonchev–Trinajstić information content (AvgIpc) is 2.93. The van der Waals surface area contributed by atoms with Gasteiger partial charge >= 0.3 is 5.97 Å². The summed E-state index contributed by atoms with van der Waals surface area (Å²) in [7, 11) is 0. The quantitative estimate of drug-likeness (QED) is 0.882. The lowest BCUT2D eigenvalue weighted by atomic mass is 10.1. The molecule has 1 fully saturated rings. The fraction of sp³-hybridized carbons (Fsp3) is 0.467. The van der Waals surface area contributed by atoms with E-state index in [0.29, 0.717) is 44.2 Å². The summed E-state index contributed by atoms with van der Waals surface area (Å²) < 4.78 is 16.3. The minimum atomic E-state index is -1.14. The predicted molar refractivity (Wildman–Crippen MR) is 76.6 cm³/mol. The first-order valence-corrected chi connectivity index (χ1v) is 7.24. The highest BCUT2D eigenvalue weighted by atomic mass is 16.5. The van der Waals surface area contributed by atoms with Crippen molar-refractivity contribution in [2.24, 2.45) is 0 Å². The van der Waals surface area contributed by atoms with Gasteiger partial charge in [0.1, 0.15) is 6.10 Å². The van der Waals surface area contributed by atoms with E-state index in [0.717, 1.165) is 6.42 Å². The smallest absolute Gasteiger partial charge is 0.337 e. The first kappa shape index (κ1) is 14.6. The SMILES string of the molecule is O=C(O)c1cc2c(cc1NC(=O)[C@@H]1CCCO1)OCCCO2. The Bertz CT molecular complexity index is 594. The molecule has 0 unspecified atom stereocenters. The molecule has 1 aromatic carbocycles. The van der Waals surface area contributed by atoms with Crippen LogP contribution in [0.25, 0.3) is 0 Å². The number of fused-ring (bicyclic) bond motifs is 1. The van der Waals surface area contributed by atoms with Gasteiger partial charge in [0.05, 0.1) is 24.5 Å². The third-order valence-corrected chi connectivity index (χ3v) is 3.60. The number of carboxylic acids is 1.